The molecule has 2 rings (SSSR count). The molecular formula is C16H21N3OS. The molecule has 1 aromatic carbocycles. The van der Waals surface area contributed by atoms with Crippen molar-refractivity contribution in [1.82, 2.24) is 5.32 Å². The molecule has 112 valence electrons. The quantitative estimate of drug-likeness (QED) is 0.332. The van der Waals surface area contributed by atoms with Crippen LogP contribution >= 0.6 is 11.3 Å². The predicted molar refractivity (Wildman–Crippen MR) is 88.0 cm³/mol. The largest absolute Gasteiger partial charge is 0.409 e. The van der Waals surface area contributed by atoms with Crippen molar-refractivity contribution < 1.29 is 5.21 Å². The molecule has 1 unspecified atom stereocenters. The van der Waals surface area contributed by atoms with Crippen molar-refractivity contribution in [3.05, 3.63) is 57.3 Å². The first-order chi connectivity index (χ1) is 10.1. The number of amidine groups is 1. The van der Waals surface area contributed by atoms with Gasteiger partial charge in [-0.1, -0.05) is 17.3 Å². The van der Waals surface area contributed by atoms with Gasteiger partial charge in [-0.2, -0.15) is 11.3 Å². The number of nitrogens with one attached hydrogen (secondary N) is 1. The fourth-order valence-corrected chi connectivity index (χ4v) is 2.91. The molecule has 1 heterocycles. The molecule has 0 bridgehead atoms. The second-order valence-corrected chi connectivity index (χ2v) is 6.02. The summed E-state index contributed by atoms with van der Waals surface area (Å²) in [6.45, 7) is 5.04. The molecule has 4 nitrogen and oxygen atoms in total. The maximum absolute atomic E-state index is 8.70. The van der Waals surface area contributed by atoms with Crippen molar-refractivity contribution in [2.45, 2.75) is 32.9 Å². The van der Waals surface area contributed by atoms with Gasteiger partial charge in [0.15, 0.2) is 5.84 Å². The van der Waals surface area contributed by atoms with Crippen LogP contribution in [0.4, 0.5) is 0 Å². The molecule has 4 N–H and O–H groups in total. The zero-order chi connectivity index (χ0) is 15.2. The molecule has 0 fully saturated rings. The van der Waals surface area contributed by atoms with E-state index in [0.717, 1.165) is 24.1 Å². The Bertz CT molecular complexity index is 608. The smallest absolute Gasteiger partial charge is 0.170 e. The van der Waals surface area contributed by atoms with Crippen molar-refractivity contribution in [2.24, 2.45) is 10.9 Å². The summed E-state index contributed by atoms with van der Waals surface area (Å²) >= 11 is 1.73. The average Bonchev–Trinajstić information content (AvgIpc) is 2.98. The van der Waals surface area contributed by atoms with E-state index in [0.29, 0.717) is 6.04 Å². The van der Waals surface area contributed by atoms with Crippen LogP contribution < -0.4 is 11.1 Å². The standard InChI is InChI=1S/C16H21N3OS/c1-11-7-14(16(17)19-20)3-4-15(11)9-18-12(2)8-13-5-6-21-10-13/h3-7,10,12,18,20H,8-9H2,1-2H3,(H2,17,19). The van der Waals surface area contributed by atoms with E-state index in [1.807, 2.05) is 25.1 Å². The second-order valence-electron chi connectivity index (χ2n) is 5.24. The summed E-state index contributed by atoms with van der Waals surface area (Å²) in [5.74, 6) is 0.142. The minimum Gasteiger partial charge on any atom is -0.409 e. The Morgan fingerprint density at radius 1 is 1.43 bits per heavy atom. The fraction of sp³-hybridized carbons (Fsp3) is 0.312. The molecule has 0 aliphatic heterocycles. The molecule has 0 aliphatic carbocycles. The van der Waals surface area contributed by atoms with E-state index in [-0.39, 0.29) is 5.84 Å². The van der Waals surface area contributed by atoms with Gasteiger partial charge in [0.05, 0.1) is 0 Å². The Hall–Kier alpha value is -1.85. The lowest BCUT2D eigenvalue weighted by atomic mass is 10.0. The Balaban J connectivity index is 1.94. The maximum atomic E-state index is 8.70. The number of thiophene rings is 1. The van der Waals surface area contributed by atoms with Gasteiger partial charge in [0.1, 0.15) is 0 Å². The SMILES string of the molecule is Cc1cc(/C(N)=N/O)ccc1CNC(C)Cc1ccsc1. The molecule has 0 aliphatic rings. The van der Waals surface area contributed by atoms with Gasteiger partial charge in [-0.3, -0.25) is 0 Å². The molecular weight excluding hydrogens is 282 g/mol. The predicted octanol–water partition coefficient (Wildman–Crippen LogP) is 2.87. The summed E-state index contributed by atoms with van der Waals surface area (Å²) in [6.07, 6.45) is 1.03. The van der Waals surface area contributed by atoms with E-state index in [1.54, 1.807) is 11.3 Å². The van der Waals surface area contributed by atoms with Gasteiger partial charge >= 0.3 is 0 Å². The number of hydrogen-bond donors (Lipinski definition) is 3. The Morgan fingerprint density at radius 3 is 2.86 bits per heavy atom. The van der Waals surface area contributed by atoms with E-state index < -0.39 is 0 Å². The number of hydrogen-bond acceptors (Lipinski definition) is 4. The fourth-order valence-electron chi connectivity index (χ4n) is 2.23. The van der Waals surface area contributed by atoms with E-state index in [4.69, 9.17) is 10.9 Å². The molecule has 0 spiro atoms. The summed E-state index contributed by atoms with van der Waals surface area (Å²) in [5, 5.41) is 19.6. The maximum Gasteiger partial charge on any atom is 0.170 e. The van der Waals surface area contributed by atoms with Gasteiger partial charge in [0.25, 0.3) is 0 Å². The van der Waals surface area contributed by atoms with Crippen molar-refractivity contribution in [3.8, 4) is 0 Å². The molecule has 5 heteroatoms. The van der Waals surface area contributed by atoms with E-state index in [2.05, 4.69) is 34.2 Å². The number of oxime groups is 1. The first-order valence-corrected chi connectivity index (χ1v) is 7.86. The Morgan fingerprint density at radius 2 is 2.24 bits per heavy atom. The highest BCUT2D eigenvalue weighted by atomic mass is 32.1. The van der Waals surface area contributed by atoms with E-state index >= 15 is 0 Å². The summed E-state index contributed by atoms with van der Waals surface area (Å²) in [5.41, 5.74) is 10.1. The lowest BCUT2D eigenvalue weighted by Gasteiger charge is -2.15. The van der Waals surface area contributed by atoms with Crippen LogP contribution in [0.1, 0.15) is 29.2 Å². The number of aryl methyl sites for hydroxylation is 1. The van der Waals surface area contributed by atoms with Crippen LogP contribution in [0, 0.1) is 6.92 Å². The van der Waals surface area contributed by atoms with Crippen LogP contribution in [0.5, 0.6) is 0 Å². The van der Waals surface area contributed by atoms with Crippen LogP contribution in [0.15, 0.2) is 40.2 Å². The molecule has 2 aromatic rings. The second kappa shape index (κ2) is 7.24. The van der Waals surface area contributed by atoms with Crippen LogP contribution in [0.25, 0.3) is 0 Å². The zero-order valence-corrected chi connectivity index (χ0v) is 13.2. The third kappa shape index (κ3) is 4.31. The molecule has 0 saturated heterocycles. The first kappa shape index (κ1) is 15.5. The molecule has 1 aromatic heterocycles. The highest BCUT2D eigenvalue weighted by Gasteiger charge is 2.07. The number of rotatable bonds is 6. The minimum absolute atomic E-state index is 0.142. The summed E-state index contributed by atoms with van der Waals surface area (Å²) in [7, 11) is 0. The highest BCUT2D eigenvalue weighted by Crippen LogP contribution is 2.12. The molecule has 0 radical (unpaired) electrons. The number of nitrogens with two attached hydrogens (primary N) is 1. The van der Waals surface area contributed by atoms with Crippen LogP contribution in [0.3, 0.4) is 0 Å². The number of benzene rings is 1. The average molecular weight is 303 g/mol. The van der Waals surface area contributed by atoms with Gasteiger partial charge in [0, 0.05) is 18.2 Å². The number of nitrogens with zero attached hydrogens (tertiary/aromatic N) is 1. The van der Waals surface area contributed by atoms with Gasteiger partial charge in [-0.15, -0.1) is 0 Å². The third-order valence-corrected chi connectivity index (χ3v) is 4.24. The van der Waals surface area contributed by atoms with Crippen molar-refractivity contribution in [1.29, 1.82) is 0 Å². The van der Waals surface area contributed by atoms with Gasteiger partial charge < -0.3 is 16.3 Å². The lowest BCUT2D eigenvalue weighted by molar-refractivity contribution is 0.318. The van der Waals surface area contributed by atoms with Gasteiger partial charge in [-0.25, -0.2) is 0 Å². The van der Waals surface area contributed by atoms with Gasteiger partial charge in [-0.05, 0) is 59.9 Å². The van der Waals surface area contributed by atoms with Crippen LogP contribution in [-0.4, -0.2) is 17.1 Å². The van der Waals surface area contributed by atoms with Crippen molar-refractivity contribution >= 4 is 17.2 Å². The summed E-state index contributed by atoms with van der Waals surface area (Å²) < 4.78 is 0. The molecule has 1 atom stereocenters. The van der Waals surface area contributed by atoms with Crippen LogP contribution in [-0.2, 0) is 13.0 Å². The van der Waals surface area contributed by atoms with Crippen molar-refractivity contribution in [3.63, 3.8) is 0 Å². The first-order valence-electron chi connectivity index (χ1n) is 6.92. The summed E-state index contributed by atoms with van der Waals surface area (Å²) in [6, 6.07) is 8.42. The van der Waals surface area contributed by atoms with Crippen molar-refractivity contribution in [2.75, 3.05) is 0 Å². The highest BCUT2D eigenvalue weighted by molar-refractivity contribution is 7.07. The Labute approximate surface area is 129 Å². The molecule has 0 saturated carbocycles. The normalized spacial score (nSPS) is 13.3. The molecule has 0 amide bonds. The monoisotopic (exact) mass is 303 g/mol. The van der Waals surface area contributed by atoms with Gasteiger partial charge in [0.2, 0.25) is 0 Å². The molecule has 21 heavy (non-hydrogen) atoms. The van der Waals surface area contributed by atoms with Crippen LogP contribution in [0.2, 0.25) is 0 Å². The van der Waals surface area contributed by atoms with E-state index in [9.17, 15) is 0 Å². The van der Waals surface area contributed by atoms with E-state index in [1.165, 1.54) is 11.1 Å². The summed E-state index contributed by atoms with van der Waals surface area (Å²) in [4.78, 5) is 0. The lowest BCUT2D eigenvalue weighted by Crippen LogP contribution is -2.27. The minimum atomic E-state index is 0.142. The Kier molecular flexibility index (Phi) is 5.36. The topological polar surface area (TPSA) is 70.6 Å². The zero-order valence-electron chi connectivity index (χ0n) is 12.3. The third-order valence-electron chi connectivity index (χ3n) is 3.51.